The van der Waals surface area contributed by atoms with Crippen molar-refractivity contribution < 1.29 is 4.58 Å². The smallest absolute Gasteiger partial charge is 0.356 e. The summed E-state index contributed by atoms with van der Waals surface area (Å²) in [5, 5.41) is 0. The van der Waals surface area contributed by atoms with Crippen LogP contribution in [-0.4, -0.2) is 30.6 Å². The van der Waals surface area contributed by atoms with Gasteiger partial charge in [-0.25, -0.2) is 0 Å². The third-order valence-corrected chi connectivity index (χ3v) is 2.41. The minimum absolute atomic E-state index is 0.0267. The molecule has 0 aromatic heterocycles. The van der Waals surface area contributed by atoms with Crippen molar-refractivity contribution in [1.29, 1.82) is 0 Å². The van der Waals surface area contributed by atoms with Crippen molar-refractivity contribution in [1.82, 2.24) is 0 Å². The second-order valence-corrected chi connectivity index (χ2v) is 4.56. The zero-order valence-electron chi connectivity index (χ0n) is 12.6. The largest absolute Gasteiger partial charge is 0.387 e. The number of unbranched alkanes of at least 4 members (excludes halogenated alkanes) is 6. The summed E-state index contributed by atoms with van der Waals surface area (Å²) in [6.07, 6.45) is 9.97. The number of hydrogen-bond donors (Lipinski definition) is 3. The Hall–Kier alpha value is -1.26. The Morgan fingerprint density at radius 3 is 1.44 bits per heavy atom. The van der Waals surface area contributed by atoms with Crippen molar-refractivity contribution in [2.24, 2.45) is 22.2 Å². The Morgan fingerprint density at radius 2 is 1.22 bits per heavy atom. The lowest BCUT2D eigenvalue weighted by molar-refractivity contribution is -0.466. The van der Waals surface area contributed by atoms with Gasteiger partial charge in [0.05, 0.1) is 14.1 Å². The molecule has 0 atom stereocenters. The minimum atomic E-state index is -0.0267. The van der Waals surface area contributed by atoms with E-state index in [0.29, 0.717) is 5.96 Å². The summed E-state index contributed by atoms with van der Waals surface area (Å²) in [5.74, 6) is 0.274. The molecule has 0 aromatic rings. The molecule has 18 heavy (non-hydrogen) atoms. The molecule has 0 aliphatic rings. The fourth-order valence-corrected chi connectivity index (χ4v) is 1.26. The van der Waals surface area contributed by atoms with Crippen LogP contribution in [0, 0.1) is 0 Å². The molecule has 0 aromatic carbocycles. The van der Waals surface area contributed by atoms with Crippen LogP contribution in [0.5, 0.6) is 0 Å². The Balaban J connectivity index is 0. The molecular weight excluding hydrogens is 226 g/mol. The number of nitrogens with two attached hydrogens (primary N) is 3. The van der Waals surface area contributed by atoms with Gasteiger partial charge in [0.25, 0.3) is 5.96 Å². The first-order chi connectivity index (χ1) is 8.45. The lowest BCUT2D eigenvalue weighted by atomic mass is 10.1. The van der Waals surface area contributed by atoms with Gasteiger partial charge in [-0.15, -0.1) is 0 Å². The van der Waals surface area contributed by atoms with Gasteiger partial charge in [0.1, 0.15) is 0 Å². The Kier molecular flexibility index (Phi) is 14.6. The maximum absolute atomic E-state index is 5.31. The topological polar surface area (TPSA) is 93.4 Å². The highest BCUT2D eigenvalue weighted by Gasteiger charge is 1.97. The van der Waals surface area contributed by atoms with Crippen LogP contribution in [0.1, 0.15) is 58.8 Å². The van der Waals surface area contributed by atoms with Crippen LogP contribution in [0.2, 0.25) is 0 Å². The van der Waals surface area contributed by atoms with Gasteiger partial charge < -0.3 is 11.5 Å². The molecule has 108 valence electrons. The summed E-state index contributed by atoms with van der Waals surface area (Å²) in [6, 6.07) is 0. The average molecular weight is 258 g/mol. The van der Waals surface area contributed by atoms with E-state index in [0.717, 1.165) is 0 Å². The summed E-state index contributed by atoms with van der Waals surface area (Å²) in [6.45, 7) is 4.53. The SMILES string of the molecule is CCCCCCCCC.C[N+](C)=C(N)N=C(N)N. The third-order valence-electron chi connectivity index (χ3n) is 2.41. The molecule has 6 N–H and O–H groups in total. The van der Waals surface area contributed by atoms with Crippen LogP contribution >= 0.6 is 0 Å². The second kappa shape index (κ2) is 13.8. The van der Waals surface area contributed by atoms with Gasteiger partial charge in [0.2, 0.25) is 0 Å². The van der Waals surface area contributed by atoms with Crippen molar-refractivity contribution >= 4 is 11.9 Å². The molecular formula is C13H32N5+. The lowest BCUT2D eigenvalue weighted by Crippen LogP contribution is -2.29. The predicted octanol–water partition coefficient (Wildman–Crippen LogP) is 1.60. The summed E-state index contributed by atoms with van der Waals surface area (Å²) in [4.78, 5) is 3.57. The molecule has 5 nitrogen and oxygen atoms in total. The lowest BCUT2D eigenvalue weighted by Gasteiger charge is -1.96. The number of rotatable bonds is 6. The number of hydrogen-bond acceptors (Lipinski definition) is 0. The van der Waals surface area contributed by atoms with Gasteiger partial charge in [0, 0.05) is 0 Å². The molecule has 0 rings (SSSR count). The molecule has 0 saturated carbocycles. The van der Waals surface area contributed by atoms with Crippen molar-refractivity contribution in [3.8, 4) is 0 Å². The highest BCUT2D eigenvalue weighted by molar-refractivity contribution is 5.89. The van der Waals surface area contributed by atoms with Gasteiger partial charge in [-0.2, -0.15) is 0 Å². The molecule has 0 amide bonds. The fourth-order valence-electron chi connectivity index (χ4n) is 1.26. The predicted molar refractivity (Wildman–Crippen MR) is 80.8 cm³/mol. The molecule has 0 aliphatic carbocycles. The normalized spacial score (nSPS) is 9.11. The molecule has 0 bridgehead atoms. The Labute approximate surface area is 112 Å². The molecule has 0 fully saturated rings. The van der Waals surface area contributed by atoms with E-state index in [9.17, 15) is 0 Å². The first-order valence-corrected chi connectivity index (χ1v) is 6.85. The minimum Gasteiger partial charge on any atom is -0.356 e. The van der Waals surface area contributed by atoms with Crippen LogP contribution in [0.15, 0.2) is 4.99 Å². The molecule has 0 radical (unpaired) electrons. The number of nitrogens with zero attached hydrogens (tertiary/aromatic N) is 2. The first-order valence-electron chi connectivity index (χ1n) is 6.85. The van der Waals surface area contributed by atoms with E-state index in [1.807, 2.05) is 0 Å². The van der Waals surface area contributed by atoms with E-state index < -0.39 is 0 Å². The van der Waals surface area contributed by atoms with Crippen molar-refractivity contribution in [2.75, 3.05) is 14.1 Å². The third kappa shape index (κ3) is 17.1. The van der Waals surface area contributed by atoms with Crippen molar-refractivity contribution in [3.63, 3.8) is 0 Å². The van der Waals surface area contributed by atoms with E-state index in [1.165, 1.54) is 44.9 Å². The van der Waals surface area contributed by atoms with Gasteiger partial charge >= 0.3 is 5.96 Å². The van der Waals surface area contributed by atoms with Crippen LogP contribution in [0.3, 0.4) is 0 Å². The van der Waals surface area contributed by atoms with Crippen LogP contribution in [0.25, 0.3) is 0 Å². The van der Waals surface area contributed by atoms with Crippen LogP contribution < -0.4 is 17.2 Å². The zero-order valence-corrected chi connectivity index (χ0v) is 12.6. The standard InChI is InChI=1S/C9H20.C4H11N5/c1-3-5-7-9-8-6-4-2;1-9(2)4(7)8-3(5)6/h3-9H2,1-2H3;1-2H3,(H5,5,6,7,8)/p+1. The van der Waals surface area contributed by atoms with Crippen LogP contribution in [0.4, 0.5) is 0 Å². The monoisotopic (exact) mass is 258 g/mol. The molecule has 0 saturated heterocycles. The van der Waals surface area contributed by atoms with Gasteiger partial charge in [-0.05, 0) is 4.99 Å². The van der Waals surface area contributed by atoms with Crippen LogP contribution in [-0.2, 0) is 0 Å². The quantitative estimate of drug-likeness (QED) is 0.292. The Morgan fingerprint density at radius 1 is 0.833 bits per heavy atom. The van der Waals surface area contributed by atoms with E-state index in [1.54, 1.807) is 18.7 Å². The Bertz CT molecular complexity index is 232. The number of guanidine groups is 2. The molecule has 0 unspecified atom stereocenters. The highest BCUT2D eigenvalue weighted by atomic mass is 15.2. The number of aliphatic imine (C=N–C) groups is 1. The van der Waals surface area contributed by atoms with Gasteiger partial charge in [0.15, 0.2) is 0 Å². The van der Waals surface area contributed by atoms with Crippen molar-refractivity contribution in [3.05, 3.63) is 0 Å². The highest BCUT2D eigenvalue weighted by Crippen LogP contribution is 2.05. The fraction of sp³-hybridized carbons (Fsp3) is 0.846. The van der Waals surface area contributed by atoms with Gasteiger partial charge in [-0.1, -0.05) is 58.8 Å². The summed E-state index contributed by atoms with van der Waals surface area (Å²) in [5.41, 5.74) is 15.4. The zero-order chi connectivity index (χ0) is 14.4. The first kappa shape index (κ1) is 19.1. The summed E-state index contributed by atoms with van der Waals surface area (Å²) in [7, 11) is 3.50. The van der Waals surface area contributed by atoms with E-state index >= 15 is 0 Å². The molecule has 0 aliphatic heterocycles. The molecule has 0 spiro atoms. The maximum Gasteiger partial charge on any atom is 0.387 e. The average Bonchev–Trinajstić information content (AvgIpc) is 2.29. The van der Waals surface area contributed by atoms with E-state index in [-0.39, 0.29) is 5.96 Å². The van der Waals surface area contributed by atoms with Crippen molar-refractivity contribution in [2.45, 2.75) is 58.8 Å². The van der Waals surface area contributed by atoms with Gasteiger partial charge in [-0.3, -0.25) is 10.3 Å². The second-order valence-electron chi connectivity index (χ2n) is 4.56. The summed E-state index contributed by atoms with van der Waals surface area (Å²) >= 11 is 0. The van der Waals surface area contributed by atoms with E-state index in [2.05, 4.69) is 18.8 Å². The maximum atomic E-state index is 5.31. The molecule has 0 heterocycles. The summed E-state index contributed by atoms with van der Waals surface area (Å²) < 4.78 is 1.61. The molecule has 5 heteroatoms. The van der Waals surface area contributed by atoms with E-state index in [4.69, 9.17) is 17.2 Å².